The van der Waals surface area contributed by atoms with Gasteiger partial charge >= 0.3 is 0 Å². The number of benzene rings is 2. The van der Waals surface area contributed by atoms with Gasteiger partial charge in [-0.3, -0.25) is 4.79 Å². The van der Waals surface area contributed by atoms with E-state index in [1.54, 1.807) is 12.3 Å². The Morgan fingerprint density at radius 3 is 2.52 bits per heavy atom. The average Bonchev–Trinajstić information content (AvgIpc) is 3.12. The van der Waals surface area contributed by atoms with E-state index in [4.69, 9.17) is 0 Å². The first-order chi connectivity index (χ1) is 13.1. The zero-order valence-electron chi connectivity index (χ0n) is 15.5. The van der Waals surface area contributed by atoms with Gasteiger partial charge in [-0.2, -0.15) is 0 Å². The summed E-state index contributed by atoms with van der Waals surface area (Å²) in [6, 6.07) is 19.9. The molecule has 0 atom stereocenters. The highest BCUT2D eigenvalue weighted by Gasteiger charge is 2.20. The summed E-state index contributed by atoms with van der Waals surface area (Å²) in [5.41, 5.74) is 5.82. The van der Waals surface area contributed by atoms with Gasteiger partial charge in [-0.15, -0.1) is 0 Å². The first kappa shape index (κ1) is 17.1. The molecule has 1 aliphatic heterocycles. The van der Waals surface area contributed by atoms with Gasteiger partial charge in [0.05, 0.1) is 11.9 Å². The maximum Gasteiger partial charge on any atom is 0.274 e. The molecule has 27 heavy (non-hydrogen) atoms. The summed E-state index contributed by atoms with van der Waals surface area (Å²) < 4.78 is 0. The number of pyridine rings is 1. The Kier molecular flexibility index (Phi) is 4.50. The maximum absolute atomic E-state index is 12.5. The van der Waals surface area contributed by atoms with Crippen LogP contribution < -0.4 is 15.1 Å². The monoisotopic (exact) mass is 358 g/mol. The summed E-state index contributed by atoms with van der Waals surface area (Å²) in [6.45, 7) is 0.935. The highest BCUT2D eigenvalue weighted by Crippen LogP contribution is 2.33. The van der Waals surface area contributed by atoms with Crippen molar-refractivity contribution in [1.29, 1.82) is 0 Å². The quantitative estimate of drug-likeness (QED) is 0.763. The molecule has 1 aromatic heterocycles. The number of anilines is 4. The van der Waals surface area contributed by atoms with E-state index in [-0.39, 0.29) is 5.91 Å². The molecule has 5 nitrogen and oxygen atoms in total. The normalized spacial score (nSPS) is 12.6. The number of carbonyl (C=O) groups excluding carboxylic acids is 1. The molecule has 1 amide bonds. The summed E-state index contributed by atoms with van der Waals surface area (Å²) in [5.74, 6) is -0.207. The van der Waals surface area contributed by atoms with E-state index < -0.39 is 0 Å². The third-order valence-corrected chi connectivity index (χ3v) is 4.82. The standard InChI is InChI=1S/C22H22N4O/c1-25(2)18-9-7-17(8-10-18)24-22(27)20-12-11-19(15-23-20)26-14-13-16-5-3-4-6-21(16)26/h3-12,15H,13-14H2,1-2H3,(H,24,27). The first-order valence-corrected chi connectivity index (χ1v) is 9.02. The molecule has 0 bridgehead atoms. The van der Waals surface area contributed by atoms with Crippen LogP contribution in [-0.2, 0) is 6.42 Å². The second-order valence-electron chi connectivity index (χ2n) is 6.83. The van der Waals surface area contributed by atoms with Crippen molar-refractivity contribution in [3.05, 3.63) is 78.1 Å². The lowest BCUT2D eigenvalue weighted by atomic mass is 10.2. The summed E-state index contributed by atoms with van der Waals surface area (Å²) >= 11 is 0. The van der Waals surface area contributed by atoms with Crippen LogP contribution >= 0.6 is 0 Å². The van der Waals surface area contributed by atoms with E-state index in [1.807, 2.05) is 55.4 Å². The molecular formula is C22H22N4O. The van der Waals surface area contributed by atoms with Gasteiger partial charge in [0.25, 0.3) is 5.91 Å². The van der Waals surface area contributed by atoms with E-state index in [0.29, 0.717) is 5.69 Å². The van der Waals surface area contributed by atoms with Crippen molar-refractivity contribution < 1.29 is 4.79 Å². The molecule has 0 unspecified atom stereocenters. The molecule has 3 aromatic rings. The van der Waals surface area contributed by atoms with E-state index in [1.165, 1.54) is 11.3 Å². The summed E-state index contributed by atoms with van der Waals surface area (Å²) in [5, 5.41) is 2.90. The van der Waals surface area contributed by atoms with Crippen molar-refractivity contribution in [3.63, 3.8) is 0 Å². The predicted octanol–water partition coefficient (Wildman–Crippen LogP) is 4.09. The summed E-state index contributed by atoms with van der Waals surface area (Å²) in [6.07, 6.45) is 2.80. The van der Waals surface area contributed by atoms with Crippen LogP contribution in [0.3, 0.4) is 0 Å². The SMILES string of the molecule is CN(C)c1ccc(NC(=O)c2ccc(N3CCc4ccccc43)cn2)cc1. The van der Waals surface area contributed by atoms with Gasteiger partial charge in [0.2, 0.25) is 0 Å². The van der Waals surface area contributed by atoms with Crippen LogP contribution in [0, 0.1) is 0 Å². The number of amides is 1. The van der Waals surface area contributed by atoms with Crippen LogP contribution in [0.1, 0.15) is 16.1 Å². The molecule has 0 saturated carbocycles. The molecule has 1 aliphatic rings. The van der Waals surface area contributed by atoms with Crippen molar-refractivity contribution in [2.75, 3.05) is 35.8 Å². The Balaban J connectivity index is 1.47. The average molecular weight is 358 g/mol. The number of carbonyl (C=O) groups is 1. The predicted molar refractivity (Wildman–Crippen MR) is 110 cm³/mol. The fourth-order valence-electron chi connectivity index (χ4n) is 3.32. The van der Waals surface area contributed by atoms with Gasteiger partial charge in [-0.25, -0.2) is 4.98 Å². The largest absolute Gasteiger partial charge is 0.378 e. The summed E-state index contributed by atoms with van der Waals surface area (Å²) in [4.78, 5) is 21.1. The minimum Gasteiger partial charge on any atom is -0.378 e. The van der Waals surface area contributed by atoms with Crippen molar-refractivity contribution in [3.8, 4) is 0 Å². The molecule has 0 radical (unpaired) electrons. The van der Waals surface area contributed by atoms with Crippen molar-refractivity contribution in [2.24, 2.45) is 0 Å². The van der Waals surface area contributed by atoms with Crippen LogP contribution in [0.15, 0.2) is 66.9 Å². The molecule has 0 spiro atoms. The molecule has 1 N–H and O–H groups in total. The molecule has 2 heterocycles. The van der Waals surface area contributed by atoms with Gasteiger partial charge in [0, 0.05) is 37.7 Å². The van der Waals surface area contributed by atoms with Gasteiger partial charge in [-0.1, -0.05) is 18.2 Å². The fraction of sp³-hybridized carbons (Fsp3) is 0.182. The Bertz CT molecular complexity index is 949. The molecule has 5 heteroatoms. The lowest BCUT2D eigenvalue weighted by molar-refractivity contribution is 0.102. The number of fused-ring (bicyclic) bond motifs is 1. The number of hydrogen-bond acceptors (Lipinski definition) is 4. The number of hydrogen-bond donors (Lipinski definition) is 1. The van der Waals surface area contributed by atoms with Crippen molar-refractivity contribution in [2.45, 2.75) is 6.42 Å². The summed E-state index contributed by atoms with van der Waals surface area (Å²) in [7, 11) is 3.97. The lowest BCUT2D eigenvalue weighted by Gasteiger charge is -2.19. The van der Waals surface area contributed by atoms with Gasteiger partial charge in [-0.05, 0) is 54.4 Å². The Labute approximate surface area is 159 Å². The lowest BCUT2D eigenvalue weighted by Crippen LogP contribution is -2.16. The molecule has 0 aliphatic carbocycles. The van der Waals surface area contributed by atoms with Crippen LogP contribution in [0.5, 0.6) is 0 Å². The third kappa shape index (κ3) is 3.49. The van der Waals surface area contributed by atoms with Crippen LogP contribution in [-0.4, -0.2) is 31.5 Å². The number of aromatic nitrogens is 1. The maximum atomic E-state index is 12.5. The minimum absolute atomic E-state index is 0.207. The van der Waals surface area contributed by atoms with Crippen LogP contribution in [0.2, 0.25) is 0 Å². The number of para-hydroxylation sites is 1. The third-order valence-electron chi connectivity index (χ3n) is 4.82. The zero-order chi connectivity index (χ0) is 18.8. The van der Waals surface area contributed by atoms with Crippen LogP contribution in [0.4, 0.5) is 22.7 Å². The number of nitrogens with zero attached hydrogens (tertiary/aromatic N) is 3. The highest BCUT2D eigenvalue weighted by atomic mass is 16.1. The Hall–Kier alpha value is -3.34. The smallest absolute Gasteiger partial charge is 0.274 e. The highest BCUT2D eigenvalue weighted by molar-refractivity contribution is 6.03. The van der Waals surface area contributed by atoms with E-state index in [2.05, 4.69) is 33.4 Å². The molecule has 4 rings (SSSR count). The zero-order valence-corrected chi connectivity index (χ0v) is 15.5. The molecule has 0 saturated heterocycles. The second kappa shape index (κ2) is 7.11. The fourth-order valence-corrected chi connectivity index (χ4v) is 3.32. The second-order valence-corrected chi connectivity index (χ2v) is 6.83. The van der Waals surface area contributed by atoms with Gasteiger partial charge in [0.1, 0.15) is 5.69 Å². The van der Waals surface area contributed by atoms with E-state index >= 15 is 0 Å². The molecular weight excluding hydrogens is 336 g/mol. The van der Waals surface area contributed by atoms with Crippen LogP contribution in [0.25, 0.3) is 0 Å². The number of nitrogens with one attached hydrogen (secondary N) is 1. The van der Waals surface area contributed by atoms with Gasteiger partial charge in [0.15, 0.2) is 0 Å². The van der Waals surface area contributed by atoms with E-state index in [0.717, 1.165) is 30.0 Å². The van der Waals surface area contributed by atoms with E-state index in [9.17, 15) is 4.79 Å². The molecule has 0 fully saturated rings. The van der Waals surface area contributed by atoms with Crippen molar-refractivity contribution >= 4 is 28.7 Å². The molecule has 136 valence electrons. The Morgan fingerprint density at radius 2 is 1.81 bits per heavy atom. The molecule has 2 aromatic carbocycles. The first-order valence-electron chi connectivity index (χ1n) is 9.02. The Morgan fingerprint density at radius 1 is 1.04 bits per heavy atom. The van der Waals surface area contributed by atoms with Gasteiger partial charge < -0.3 is 15.1 Å². The number of rotatable bonds is 4. The minimum atomic E-state index is -0.207. The topological polar surface area (TPSA) is 48.5 Å². The van der Waals surface area contributed by atoms with Crippen molar-refractivity contribution in [1.82, 2.24) is 4.98 Å².